The van der Waals surface area contributed by atoms with Gasteiger partial charge in [0, 0.05) is 13.1 Å². The average Bonchev–Trinajstić information content (AvgIpc) is 3.49. The number of carbonyl (C=O) groups is 5. The standard InChI is InChI=1S/C37H65N5O7S/c1-7-23-38-33(45)31(43)28-18-14-11-9-8-10-12-15-19-29(34(46)42-24-20-27(26(2)3)30(42)32(44)39-28)40-35(47)41-37(21-16-13-17-22-37)25-50(48,49)36(4,5)6/h26-30H,7-25H2,1-6H3,(H,38,45)(H,39,44)(H2,40,41,47)/t27-,28+,29+,30+/m1/s1. The van der Waals surface area contributed by atoms with E-state index in [0.717, 1.165) is 51.4 Å². The number of nitrogens with zero attached hydrogens (tertiary/aromatic N) is 1. The van der Waals surface area contributed by atoms with Crippen molar-refractivity contribution >= 4 is 39.4 Å². The minimum Gasteiger partial charge on any atom is -0.349 e. The van der Waals surface area contributed by atoms with Gasteiger partial charge in [-0.2, -0.15) is 0 Å². The molecule has 1 saturated carbocycles. The zero-order chi connectivity index (χ0) is 37.1. The quantitative estimate of drug-likeness (QED) is 0.253. The molecule has 2 heterocycles. The molecule has 4 atom stereocenters. The van der Waals surface area contributed by atoms with Gasteiger partial charge in [-0.05, 0) is 71.1 Å². The second kappa shape index (κ2) is 18.7. The molecule has 0 aromatic rings. The number of urea groups is 1. The molecule has 0 radical (unpaired) electrons. The van der Waals surface area contributed by atoms with Crippen molar-refractivity contribution < 1.29 is 32.4 Å². The summed E-state index contributed by atoms with van der Waals surface area (Å²) in [5.74, 6) is -2.50. The van der Waals surface area contributed by atoms with Crippen LogP contribution < -0.4 is 21.3 Å². The number of fused-ring (bicyclic) bond motifs is 1. The fraction of sp³-hybridized carbons (Fsp3) is 0.865. The minimum atomic E-state index is -3.55. The normalized spacial score (nSPS) is 26.1. The Morgan fingerprint density at radius 3 is 2.06 bits per heavy atom. The number of rotatable bonds is 9. The fourth-order valence-corrected chi connectivity index (χ4v) is 9.22. The van der Waals surface area contributed by atoms with Crippen LogP contribution in [0.2, 0.25) is 0 Å². The smallest absolute Gasteiger partial charge is 0.315 e. The minimum absolute atomic E-state index is 0.0572. The van der Waals surface area contributed by atoms with Crippen LogP contribution in [0.4, 0.5) is 4.79 Å². The molecule has 5 amide bonds. The monoisotopic (exact) mass is 723 g/mol. The predicted molar refractivity (Wildman–Crippen MR) is 195 cm³/mol. The first-order valence-electron chi connectivity index (χ1n) is 19.3. The number of hydrogen-bond donors (Lipinski definition) is 4. The molecule has 2 saturated heterocycles. The van der Waals surface area contributed by atoms with Gasteiger partial charge in [-0.25, -0.2) is 13.2 Å². The van der Waals surface area contributed by atoms with Crippen molar-refractivity contribution in [3.05, 3.63) is 0 Å². The third kappa shape index (κ3) is 11.4. The van der Waals surface area contributed by atoms with E-state index < -0.39 is 61.9 Å². The summed E-state index contributed by atoms with van der Waals surface area (Å²) in [6, 6.07) is -3.35. The first kappa shape index (κ1) is 41.7. The highest BCUT2D eigenvalue weighted by atomic mass is 32.2. The van der Waals surface area contributed by atoms with Gasteiger partial charge >= 0.3 is 6.03 Å². The van der Waals surface area contributed by atoms with E-state index in [1.807, 2.05) is 20.8 Å². The van der Waals surface area contributed by atoms with Crippen LogP contribution in [0, 0.1) is 11.8 Å². The van der Waals surface area contributed by atoms with Crippen molar-refractivity contribution in [1.29, 1.82) is 0 Å². The van der Waals surface area contributed by atoms with E-state index in [2.05, 4.69) is 21.3 Å². The average molecular weight is 724 g/mol. The van der Waals surface area contributed by atoms with Gasteiger partial charge in [0.25, 0.3) is 5.91 Å². The number of nitrogens with one attached hydrogen (secondary N) is 4. The molecule has 13 heteroatoms. The summed E-state index contributed by atoms with van der Waals surface area (Å²) in [4.78, 5) is 69.8. The molecule has 0 spiro atoms. The zero-order valence-electron chi connectivity index (χ0n) is 31.5. The summed E-state index contributed by atoms with van der Waals surface area (Å²) < 4.78 is 25.7. The Hall–Kier alpha value is -2.70. The van der Waals surface area contributed by atoms with Crippen molar-refractivity contribution in [1.82, 2.24) is 26.2 Å². The van der Waals surface area contributed by atoms with Crippen LogP contribution in [0.25, 0.3) is 0 Å². The van der Waals surface area contributed by atoms with Crippen LogP contribution in [0.5, 0.6) is 0 Å². The lowest BCUT2D eigenvalue weighted by atomic mass is 9.83. The van der Waals surface area contributed by atoms with Gasteiger partial charge in [0.05, 0.1) is 22.1 Å². The second-order valence-electron chi connectivity index (χ2n) is 16.3. The molecule has 2 aliphatic heterocycles. The van der Waals surface area contributed by atoms with Crippen molar-refractivity contribution in [2.45, 2.75) is 173 Å². The number of carbonyl (C=O) groups excluding carboxylic acids is 5. The number of Topliss-reactive ketones (excluding diaryl/α,β-unsaturated/α-hetero) is 1. The third-order valence-corrected chi connectivity index (χ3v) is 13.7. The molecule has 4 N–H and O–H groups in total. The topological polar surface area (TPSA) is 171 Å². The lowest BCUT2D eigenvalue weighted by molar-refractivity contribution is -0.143. The third-order valence-electron chi connectivity index (χ3n) is 10.9. The Morgan fingerprint density at radius 1 is 0.900 bits per heavy atom. The maximum atomic E-state index is 14.4. The molecule has 12 nitrogen and oxygen atoms in total. The molecule has 0 bridgehead atoms. The summed E-state index contributed by atoms with van der Waals surface area (Å²) in [6.45, 7) is 11.6. The van der Waals surface area contributed by atoms with Crippen molar-refractivity contribution in [2.24, 2.45) is 11.8 Å². The van der Waals surface area contributed by atoms with Gasteiger partial charge in [0.2, 0.25) is 17.6 Å². The van der Waals surface area contributed by atoms with E-state index in [1.165, 1.54) is 0 Å². The van der Waals surface area contributed by atoms with Gasteiger partial charge in [-0.1, -0.05) is 85.0 Å². The van der Waals surface area contributed by atoms with Crippen molar-refractivity contribution in [3.63, 3.8) is 0 Å². The molecule has 3 fully saturated rings. The molecule has 3 aliphatic rings. The van der Waals surface area contributed by atoms with Crippen LogP contribution in [-0.4, -0.2) is 90.1 Å². The highest BCUT2D eigenvalue weighted by molar-refractivity contribution is 7.92. The Bertz CT molecular complexity index is 1290. The summed E-state index contributed by atoms with van der Waals surface area (Å²) in [5, 5.41) is 11.5. The molecule has 50 heavy (non-hydrogen) atoms. The predicted octanol–water partition coefficient (Wildman–Crippen LogP) is 4.55. The van der Waals surface area contributed by atoms with Crippen LogP contribution in [0.3, 0.4) is 0 Å². The number of hydrogen-bond acceptors (Lipinski definition) is 7. The summed E-state index contributed by atoms with van der Waals surface area (Å²) in [6.07, 6.45) is 11.7. The summed E-state index contributed by atoms with van der Waals surface area (Å²) in [5.41, 5.74) is -0.931. The highest BCUT2D eigenvalue weighted by Crippen LogP contribution is 2.34. The first-order valence-corrected chi connectivity index (χ1v) is 20.9. The largest absolute Gasteiger partial charge is 0.349 e. The van der Waals surface area contributed by atoms with Gasteiger partial charge in [0.15, 0.2) is 9.84 Å². The van der Waals surface area contributed by atoms with Crippen LogP contribution >= 0.6 is 0 Å². The Morgan fingerprint density at radius 2 is 1.48 bits per heavy atom. The fourth-order valence-electron chi connectivity index (χ4n) is 7.69. The van der Waals surface area contributed by atoms with E-state index in [9.17, 15) is 32.4 Å². The Labute approximate surface area is 300 Å². The molecule has 286 valence electrons. The Balaban J connectivity index is 1.89. The number of amides is 5. The molecule has 1 aliphatic carbocycles. The molecule has 0 unspecified atom stereocenters. The summed E-state index contributed by atoms with van der Waals surface area (Å²) in [7, 11) is -3.55. The molecule has 0 aromatic carbocycles. The van der Waals surface area contributed by atoms with Crippen molar-refractivity contribution in [3.8, 4) is 0 Å². The second-order valence-corrected chi connectivity index (χ2v) is 19.0. The zero-order valence-corrected chi connectivity index (χ0v) is 32.4. The van der Waals surface area contributed by atoms with Gasteiger partial charge in [-0.15, -0.1) is 0 Å². The number of sulfone groups is 1. The van der Waals surface area contributed by atoms with E-state index in [1.54, 1.807) is 25.7 Å². The van der Waals surface area contributed by atoms with Gasteiger partial charge in [0.1, 0.15) is 12.1 Å². The Kier molecular flexibility index (Phi) is 15.6. The molecular weight excluding hydrogens is 659 g/mol. The van der Waals surface area contributed by atoms with Crippen LogP contribution in [0.1, 0.15) is 144 Å². The van der Waals surface area contributed by atoms with Crippen LogP contribution in [0.15, 0.2) is 0 Å². The summed E-state index contributed by atoms with van der Waals surface area (Å²) >= 11 is 0. The first-order chi connectivity index (χ1) is 23.5. The van der Waals surface area contributed by atoms with Crippen LogP contribution in [-0.2, 0) is 29.0 Å². The lowest BCUT2D eigenvalue weighted by Crippen LogP contribution is -2.62. The maximum absolute atomic E-state index is 14.4. The van der Waals surface area contributed by atoms with E-state index >= 15 is 0 Å². The van der Waals surface area contributed by atoms with Gasteiger partial charge < -0.3 is 26.2 Å². The molecular formula is C37H65N5O7S. The lowest BCUT2D eigenvalue weighted by Gasteiger charge is -2.40. The van der Waals surface area contributed by atoms with Gasteiger partial charge in [-0.3, -0.25) is 19.2 Å². The van der Waals surface area contributed by atoms with Crippen molar-refractivity contribution in [2.75, 3.05) is 18.8 Å². The maximum Gasteiger partial charge on any atom is 0.315 e. The SMILES string of the molecule is CCCNC(=O)C(=O)[C@@H]1CCCCCCCCC[C@H](NC(=O)NC2(CS(=O)(=O)C(C)(C)C)CCCCC2)C(=O)N2CC[C@H](C(C)C)[C@H]2C(=O)N1. The van der Waals surface area contributed by atoms with E-state index in [0.29, 0.717) is 64.5 Å². The molecule has 0 aromatic heterocycles. The number of ketones is 1. The van der Waals surface area contributed by atoms with E-state index in [-0.39, 0.29) is 23.5 Å². The van der Waals surface area contributed by atoms with E-state index in [4.69, 9.17) is 0 Å². The molecule has 3 rings (SSSR count). The highest BCUT2D eigenvalue weighted by Gasteiger charge is 2.47.